The molecule has 102 valence electrons. The highest BCUT2D eigenvalue weighted by Crippen LogP contribution is 2.32. The monoisotopic (exact) mass is 306 g/mol. The zero-order valence-electron chi connectivity index (χ0n) is 10.6. The summed E-state index contributed by atoms with van der Waals surface area (Å²) < 4.78 is 6.20. The van der Waals surface area contributed by atoms with Crippen molar-refractivity contribution >= 4 is 39.9 Å². The summed E-state index contributed by atoms with van der Waals surface area (Å²) in [4.78, 5) is 13.8. The lowest BCUT2D eigenvalue weighted by molar-refractivity contribution is 0.330. The number of halogens is 1. The van der Waals surface area contributed by atoms with Gasteiger partial charge in [-0.3, -0.25) is 0 Å². The van der Waals surface area contributed by atoms with Crippen molar-refractivity contribution in [3.05, 3.63) is 28.6 Å². The SMILES string of the molecule is CCOc1nc(N)nc2ccc(-c3ccc(Cl)s3)nc12. The average Bonchev–Trinajstić information content (AvgIpc) is 2.85. The number of hydrogen-bond acceptors (Lipinski definition) is 6. The second-order valence-corrected chi connectivity index (χ2v) is 5.70. The van der Waals surface area contributed by atoms with Gasteiger partial charge < -0.3 is 10.5 Å². The maximum atomic E-state index is 5.96. The molecule has 0 saturated heterocycles. The molecule has 3 aromatic heterocycles. The third-order valence-electron chi connectivity index (χ3n) is 2.63. The van der Waals surface area contributed by atoms with Gasteiger partial charge in [0.25, 0.3) is 0 Å². The number of pyridine rings is 1. The minimum Gasteiger partial charge on any atom is -0.476 e. The van der Waals surface area contributed by atoms with Crippen molar-refractivity contribution in [2.75, 3.05) is 12.3 Å². The molecule has 0 amide bonds. The molecule has 2 N–H and O–H groups in total. The van der Waals surface area contributed by atoms with Gasteiger partial charge in [0.05, 0.1) is 27.0 Å². The van der Waals surface area contributed by atoms with E-state index in [1.807, 2.05) is 31.2 Å². The van der Waals surface area contributed by atoms with Crippen molar-refractivity contribution in [2.45, 2.75) is 6.92 Å². The molecular formula is C13H11ClN4OS. The molecule has 0 bridgehead atoms. The van der Waals surface area contributed by atoms with E-state index >= 15 is 0 Å². The lowest BCUT2D eigenvalue weighted by Crippen LogP contribution is -2.02. The van der Waals surface area contributed by atoms with Gasteiger partial charge in [0, 0.05) is 0 Å². The second kappa shape index (κ2) is 5.22. The Balaban J connectivity index is 2.18. The topological polar surface area (TPSA) is 73.9 Å². The molecule has 0 aliphatic heterocycles. The molecule has 0 unspecified atom stereocenters. The van der Waals surface area contributed by atoms with E-state index in [1.165, 1.54) is 11.3 Å². The molecule has 7 heteroatoms. The van der Waals surface area contributed by atoms with Crippen molar-refractivity contribution in [3.8, 4) is 16.5 Å². The van der Waals surface area contributed by atoms with Crippen LogP contribution in [-0.2, 0) is 0 Å². The molecule has 0 aliphatic carbocycles. The van der Waals surface area contributed by atoms with Crippen LogP contribution in [0.5, 0.6) is 5.88 Å². The predicted octanol–water partition coefficient (Wildman–Crippen LogP) is 3.39. The fraction of sp³-hybridized carbons (Fsp3) is 0.154. The van der Waals surface area contributed by atoms with Crippen LogP contribution in [0.3, 0.4) is 0 Å². The molecule has 0 aromatic carbocycles. The van der Waals surface area contributed by atoms with Gasteiger partial charge in [-0.25, -0.2) is 9.97 Å². The van der Waals surface area contributed by atoms with Gasteiger partial charge >= 0.3 is 0 Å². The lowest BCUT2D eigenvalue weighted by atomic mass is 10.2. The van der Waals surface area contributed by atoms with E-state index in [2.05, 4.69) is 15.0 Å². The van der Waals surface area contributed by atoms with E-state index < -0.39 is 0 Å². The molecule has 3 aromatic rings. The number of thiophene rings is 1. The van der Waals surface area contributed by atoms with Gasteiger partial charge in [-0.05, 0) is 31.2 Å². The third-order valence-corrected chi connectivity index (χ3v) is 3.89. The van der Waals surface area contributed by atoms with Gasteiger partial charge in [-0.2, -0.15) is 4.98 Å². The molecular weight excluding hydrogens is 296 g/mol. The number of rotatable bonds is 3. The molecule has 0 spiro atoms. The van der Waals surface area contributed by atoms with Crippen LogP contribution >= 0.6 is 22.9 Å². The number of fused-ring (bicyclic) bond motifs is 1. The van der Waals surface area contributed by atoms with Crippen molar-refractivity contribution < 1.29 is 4.74 Å². The Bertz CT molecular complexity index is 774. The summed E-state index contributed by atoms with van der Waals surface area (Å²) in [5.41, 5.74) is 7.73. The quantitative estimate of drug-likeness (QED) is 0.803. The molecule has 20 heavy (non-hydrogen) atoms. The van der Waals surface area contributed by atoms with E-state index in [0.717, 1.165) is 14.9 Å². The summed E-state index contributed by atoms with van der Waals surface area (Å²) in [5, 5.41) is 0. The number of aromatic nitrogens is 3. The minimum absolute atomic E-state index is 0.176. The van der Waals surface area contributed by atoms with Crippen LogP contribution in [0, 0.1) is 0 Å². The van der Waals surface area contributed by atoms with Crippen molar-refractivity contribution in [1.82, 2.24) is 15.0 Å². The second-order valence-electron chi connectivity index (χ2n) is 3.99. The summed E-state index contributed by atoms with van der Waals surface area (Å²) >= 11 is 7.42. The zero-order valence-corrected chi connectivity index (χ0v) is 12.2. The number of nitrogens with two attached hydrogens (primary N) is 1. The first-order chi connectivity index (χ1) is 9.67. The minimum atomic E-state index is 0.176. The third kappa shape index (κ3) is 2.39. The average molecular weight is 307 g/mol. The van der Waals surface area contributed by atoms with Gasteiger partial charge in [-0.1, -0.05) is 11.6 Å². The summed E-state index contributed by atoms with van der Waals surface area (Å²) in [6.07, 6.45) is 0. The van der Waals surface area contributed by atoms with Crippen LogP contribution in [0.25, 0.3) is 21.6 Å². The van der Waals surface area contributed by atoms with E-state index in [-0.39, 0.29) is 5.95 Å². The Morgan fingerprint density at radius 1 is 1.20 bits per heavy atom. The molecule has 0 atom stereocenters. The fourth-order valence-electron chi connectivity index (χ4n) is 1.83. The van der Waals surface area contributed by atoms with Gasteiger partial charge in [0.1, 0.15) is 0 Å². The van der Waals surface area contributed by atoms with Gasteiger partial charge in [0.2, 0.25) is 11.8 Å². The van der Waals surface area contributed by atoms with E-state index in [1.54, 1.807) is 0 Å². The Hall–Kier alpha value is -1.92. The van der Waals surface area contributed by atoms with E-state index in [0.29, 0.717) is 23.5 Å². The summed E-state index contributed by atoms with van der Waals surface area (Å²) in [7, 11) is 0. The first kappa shape index (κ1) is 13.1. The van der Waals surface area contributed by atoms with Crippen LogP contribution in [-0.4, -0.2) is 21.6 Å². The highest BCUT2D eigenvalue weighted by atomic mass is 35.5. The van der Waals surface area contributed by atoms with Gasteiger partial charge in [0.15, 0.2) is 5.52 Å². The van der Waals surface area contributed by atoms with Crippen LogP contribution < -0.4 is 10.5 Å². The van der Waals surface area contributed by atoms with E-state index in [9.17, 15) is 0 Å². The Morgan fingerprint density at radius 3 is 2.75 bits per heavy atom. The first-order valence-electron chi connectivity index (χ1n) is 6.00. The smallest absolute Gasteiger partial charge is 0.245 e. The van der Waals surface area contributed by atoms with Crippen LogP contribution in [0.2, 0.25) is 4.34 Å². The van der Waals surface area contributed by atoms with Crippen LogP contribution in [0.15, 0.2) is 24.3 Å². The van der Waals surface area contributed by atoms with E-state index in [4.69, 9.17) is 22.1 Å². The van der Waals surface area contributed by atoms with Gasteiger partial charge in [-0.15, -0.1) is 11.3 Å². The summed E-state index contributed by atoms with van der Waals surface area (Å²) in [5.74, 6) is 0.578. The molecule has 0 fully saturated rings. The van der Waals surface area contributed by atoms with Crippen LogP contribution in [0.1, 0.15) is 6.92 Å². The van der Waals surface area contributed by atoms with Crippen molar-refractivity contribution in [1.29, 1.82) is 0 Å². The number of hydrogen-bond donors (Lipinski definition) is 1. The molecule has 3 rings (SSSR count). The number of nitrogen functional groups attached to an aromatic ring is 1. The maximum absolute atomic E-state index is 5.96. The molecule has 3 heterocycles. The maximum Gasteiger partial charge on any atom is 0.245 e. The van der Waals surface area contributed by atoms with Crippen molar-refractivity contribution in [3.63, 3.8) is 0 Å². The van der Waals surface area contributed by atoms with Crippen molar-refractivity contribution in [2.24, 2.45) is 0 Å². The Kier molecular flexibility index (Phi) is 3.42. The predicted molar refractivity (Wildman–Crippen MR) is 81.2 cm³/mol. The summed E-state index contributed by atoms with van der Waals surface area (Å²) in [6, 6.07) is 7.51. The van der Waals surface area contributed by atoms with Crippen LogP contribution in [0.4, 0.5) is 5.95 Å². The lowest BCUT2D eigenvalue weighted by Gasteiger charge is -2.07. The number of anilines is 1. The summed E-state index contributed by atoms with van der Waals surface area (Å²) in [6.45, 7) is 2.37. The molecule has 0 aliphatic rings. The number of ether oxygens (including phenoxy) is 1. The fourth-order valence-corrected chi connectivity index (χ4v) is 2.84. The Morgan fingerprint density at radius 2 is 2.05 bits per heavy atom. The first-order valence-corrected chi connectivity index (χ1v) is 7.19. The Labute approximate surface area is 124 Å². The molecule has 5 nitrogen and oxygen atoms in total. The number of nitrogens with zero attached hydrogens (tertiary/aromatic N) is 3. The standard InChI is InChI=1S/C13H11ClN4OS/c1-2-19-12-11-8(17-13(15)18-12)4-3-7(16-11)9-5-6-10(14)20-9/h3-6H,2H2,1H3,(H2,15,17,18). The molecule has 0 saturated carbocycles. The largest absolute Gasteiger partial charge is 0.476 e. The highest BCUT2D eigenvalue weighted by molar-refractivity contribution is 7.19. The normalized spacial score (nSPS) is 10.9. The zero-order chi connectivity index (χ0) is 14.1. The highest BCUT2D eigenvalue weighted by Gasteiger charge is 2.11. The molecule has 0 radical (unpaired) electrons.